The van der Waals surface area contributed by atoms with Crippen LogP contribution in [0.1, 0.15) is 0 Å². The quantitative estimate of drug-likeness (QED) is 0.122. The Hall–Kier alpha value is -7.36. The van der Waals surface area contributed by atoms with Gasteiger partial charge in [0.25, 0.3) is 0 Å². The molecule has 12 aromatic carbocycles. The molecule has 0 saturated carbocycles. The molecule has 0 unspecified atom stereocenters. The predicted octanol–water partition coefficient (Wildman–Crippen LogP) is 19.1. The third kappa shape index (κ3) is 5.58. The normalized spacial score (nSPS) is 12.2. The van der Waals surface area contributed by atoms with Crippen LogP contribution in [0.5, 0.6) is 0 Å². The predicted molar refractivity (Wildman–Crippen MR) is 296 cm³/mol. The molecule has 0 nitrogen and oxygen atoms in total. The Bertz CT molecular complexity index is 4470. The molecular formula is C64H36S2Se. The zero-order chi connectivity index (χ0) is 43.7. The van der Waals surface area contributed by atoms with Gasteiger partial charge in [0.1, 0.15) is 0 Å². The molecular weight excluding hydrogens is 912 g/mol. The van der Waals surface area contributed by atoms with Gasteiger partial charge in [0.2, 0.25) is 0 Å². The van der Waals surface area contributed by atoms with Crippen molar-refractivity contribution < 1.29 is 0 Å². The average molecular weight is 948 g/mol. The van der Waals surface area contributed by atoms with Gasteiger partial charge in [-0.05, 0) is 12.1 Å². The second kappa shape index (κ2) is 14.6. The molecule has 0 aliphatic rings. The molecule has 0 aliphatic heterocycles. The molecule has 3 heterocycles. The number of fused-ring (bicyclic) bond motifs is 13. The summed E-state index contributed by atoms with van der Waals surface area (Å²) in [5, 5.41) is 18.3. The zero-order valence-electron chi connectivity index (χ0n) is 36.0. The van der Waals surface area contributed by atoms with Gasteiger partial charge < -0.3 is 0 Å². The van der Waals surface area contributed by atoms with Crippen molar-refractivity contribution in [2.75, 3.05) is 0 Å². The Balaban J connectivity index is 0.970. The van der Waals surface area contributed by atoms with Gasteiger partial charge in [-0.15, -0.1) is 11.3 Å². The van der Waals surface area contributed by atoms with E-state index >= 15 is 0 Å². The summed E-state index contributed by atoms with van der Waals surface area (Å²) in [4.78, 5) is 0. The van der Waals surface area contributed by atoms with Gasteiger partial charge >= 0.3 is 344 Å². The van der Waals surface area contributed by atoms with Gasteiger partial charge in [-0.3, -0.25) is 0 Å². The number of thiophene rings is 2. The molecule has 3 aromatic heterocycles. The van der Waals surface area contributed by atoms with Crippen molar-refractivity contribution in [3.05, 3.63) is 218 Å². The van der Waals surface area contributed by atoms with E-state index in [0.717, 1.165) is 0 Å². The number of rotatable bonds is 4. The maximum atomic E-state index is 2.53. The molecule has 0 saturated heterocycles. The summed E-state index contributed by atoms with van der Waals surface area (Å²) in [6.07, 6.45) is 0. The second-order valence-electron chi connectivity index (χ2n) is 17.8. The Labute approximate surface area is 400 Å². The van der Waals surface area contributed by atoms with E-state index < -0.39 is 0 Å². The molecule has 0 N–H and O–H groups in total. The molecule has 15 rings (SSSR count). The van der Waals surface area contributed by atoms with E-state index in [1.807, 2.05) is 22.7 Å². The zero-order valence-corrected chi connectivity index (χ0v) is 39.4. The third-order valence-corrected chi connectivity index (χ3v) is 18.9. The van der Waals surface area contributed by atoms with E-state index in [9.17, 15) is 0 Å². The van der Waals surface area contributed by atoms with Crippen molar-refractivity contribution in [2.45, 2.75) is 0 Å². The fraction of sp³-hybridized carbons (Fsp3) is 0. The maximum absolute atomic E-state index is 2.53. The van der Waals surface area contributed by atoms with Crippen LogP contribution in [0.15, 0.2) is 218 Å². The van der Waals surface area contributed by atoms with Crippen LogP contribution in [0.4, 0.5) is 0 Å². The van der Waals surface area contributed by atoms with Crippen molar-refractivity contribution in [3.63, 3.8) is 0 Å². The van der Waals surface area contributed by atoms with E-state index in [1.54, 1.807) is 0 Å². The van der Waals surface area contributed by atoms with E-state index in [-0.39, 0.29) is 14.5 Å². The fourth-order valence-electron chi connectivity index (χ4n) is 11.4. The van der Waals surface area contributed by atoms with Gasteiger partial charge in [-0.1, -0.05) is 30.3 Å². The van der Waals surface area contributed by atoms with Crippen LogP contribution in [0.25, 0.3) is 147 Å². The van der Waals surface area contributed by atoms with Crippen molar-refractivity contribution in [1.29, 1.82) is 0 Å². The van der Waals surface area contributed by atoms with Crippen molar-refractivity contribution in [2.24, 2.45) is 0 Å². The number of hydrogen-bond donors (Lipinski definition) is 0. The van der Waals surface area contributed by atoms with Crippen molar-refractivity contribution in [3.8, 4) is 44.5 Å². The Morgan fingerprint density at radius 3 is 1.04 bits per heavy atom. The summed E-state index contributed by atoms with van der Waals surface area (Å²) in [6.45, 7) is 0. The van der Waals surface area contributed by atoms with Gasteiger partial charge in [0.05, 0.1) is 0 Å². The molecule has 0 aliphatic carbocycles. The van der Waals surface area contributed by atoms with Gasteiger partial charge in [-0.2, -0.15) is 0 Å². The van der Waals surface area contributed by atoms with Crippen LogP contribution in [0, 0.1) is 0 Å². The minimum absolute atomic E-state index is 0.182. The van der Waals surface area contributed by atoms with Crippen LogP contribution >= 0.6 is 22.7 Å². The average Bonchev–Trinajstić information content (AvgIpc) is 4.08. The first kappa shape index (κ1) is 37.8. The minimum atomic E-state index is 0.182. The first-order chi connectivity index (χ1) is 33.2. The van der Waals surface area contributed by atoms with Crippen molar-refractivity contribution >= 4 is 140 Å². The summed E-state index contributed by atoms with van der Waals surface area (Å²) in [5.41, 5.74) is 10.3. The number of benzene rings is 12. The molecule has 67 heavy (non-hydrogen) atoms. The fourth-order valence-corrected chi connectivity index (χ4v) is 15.9. The van der Waals surface area contributed by atoms with Crippen molar-refractivity contribution in [1.82, 2.24) is 0 Å². The van der Waals surface area contributed by atoms with E-state index in [2.05, 4.69) is 218 Å². The topological polar surface area (TPSA) is 0 Å². The Morgan fingerprint density at radius 1 is 0.239 bits per heavy atom. The van der Waals surface area contributed by atoms with E-state index in [1.165, 1.54) is 147 Å². The summed E-state index contributed by atoms with van der Waals surface area (Å²) in [7, 11) is 0. The summed E-state index contributed by atoms with van der Waals surface area (Å²) < 4.78 is 8.23. The Morgan fingerprint density at radius 2 is 0.597 bits per heavy atom. The van der Waals surface area contributed by atoms with E-state index in [0.29, 0.717) is 0 Å². The number of hydrogen-bond acceptors (Lipinski definition) is 2. The first-order valence-electron chi connectivity index (χ1n) is 22.9. The Kier molecular flexibility index (Phi) is 8.22. The molecule has 0 spiro atoms. The molecule has 0 radical (unpaired) electrons. The molecule has 0 amide bonds. The van der Waals surface area contributed by atoms with Crippen LogP contribution < -0.4 is 0 Å². The first-order valence-corrected chi connectivity index (χ1v) is 26.2. The van der Waals surface area contributed by atoms with Gasteiger partial charge in [0, 0.05) is 4.70 Å². The molecule has 0 bridgehead atoms. The molecule has 0 atom stereocenters. The summed E-state index contributed by atoms with van der Waals surface area (Å²) in [6, 6.07) is 82.7. The van der Waals surface area contributed by atoms with Gasteiger partial charge in [-0.25, -0.2) is 0 Å². The molecule has 310 valence electrons. The van der Waals surface area contributed by atoms with Crippen LogP contribution in [0.2, 0.25) is 0 Å². The summed E-state index contributed by atoms with van der Waals surface area (Å²) in [5.74, 6) is 0. The van der Waals surface area contributed by atoms with Gasteiger partial charge in [0.15, 0.2) is 0 Å². The summed E-state index contributed by atoms with van der Waals surface area (Å²) >= 11 is 3.94. The van der Waals surface area contributed by atoms with Crippen LogP contribution in [-0.2, 0) is 0 Å². The second-order valence-corrected chi connectivity index (χ2v) is 22.2. The van der Waals surface area contributed by atoms with Crippen LogP contribution in [0.3, 0.4) is 0 Å². The SMILES string of the molecule is c1ccc2c(c1)sc1ccc(-c3c4ccccc4c(-c4ccc5[se]c6cccc(-c7c8ccccc8c(-c8ccc9sc%10ccccc%10c9c8)c8ccccc78)c6c5c4)c4ccccc34)cc12. The monoisotopic (exact) mass is 948 g/mol. The van der Waals surface area contributed by atoms with Crippen LogP contribution in [-0.4, -0.2) is 14.5 Å². The molecule has 0 fully saturated rings. The molecule has 15 aromatic rings. The standard InChI is InChI=1S/C64H36S2Se/c1-3-18-44-42(16-1)60(37-28-31-56-51(34-37)40-14-9-11-25-54(40)65-56)43-17-2-4-19-45(43)62(44)39-30-33-58-53(36-39)64-50(24-13-27-59(64)67-58)63-48-22-7-5-20-46(48)61(47-21-6-8-23-49(47)63)38-29-32-57-52(35-38)41-15-10-12-26-55(41)66-57/h1-36H. The third-order valence-electron chi connectivity index (χ3n) is 14.2. The molecule has 3 heteroatoms. The van der Waals surface area contributed by atoms with E-state index in [4.69, 9.17) is 0 Å².